The van der Waals surface area contributed by atoms with E-state index in [4.69, 9.17) is 0 Å². The molecule has 10 heteroatoms. The lowest BCUT2D eigenvalue weighted by Gasteiger charge is -2.34. The molecule has 0 atom stereocenters. The Kier molecular flexibility index (Phi) is 6.90. The van der Waals surface area contributed by atoms with Gasteiger partial charge in [-0.15, -0.1) is 0 Å². The first-order valence-corrected chi connectivity index (χ1v) is 9.69. The number of piperazine rings is 1. The quantitative estimate of drug-likeness (QED) is 0.788. The van der Waals surface area contributed by atoms with Crippen molar-refractivity contribution in [3.05, 3.63) is 29.8 Å². The summed E-state index contributed by atoms with van der Waals surface area (Å²) >= 11 is 0. The smallest absolute Gasteiger partial charge is 0.317 e. The molecule has 0 unspecified atom stereocenters. The van der Waals surface area contributed by atoms with Crippen molar-refractivity contribution in [2.45, 2.75) is 17.9 Å². The van der Waals surface area contributed by atoms with Crippen molar-refractivity contribution in [2.75, 3.05) is 46.8 Å². The molecule has 1 aromatic rings. The second-order valence-electron chi connectivity index (χ2n) is 6.23. The van der Waals surface area contributed by atoms with Gasteiger partial charge in [0.05, 0.1) is 11.4 Å². The number of amides is 2. The van der Waals surface area contributed by atoms with Gasteiger partial charge in [0.25, 0.3) is 6.43 Å². The maximum Gasteiger partial charge on any atom is 0.317 e. The third kappa shape index (κ3) is 5.12. The van der Waals surface area contributed by atoms with Gasteiger partial charge in [0, 0.05) is 46.8 Å². The van der Waals surface area contributed by atoms with Gasteiger partial charge < -0.3 is 10.2 Å². The lowest BCUT2D eigenvalue weighted by molar-refractivity contribution is 0.0636. The van der Waals surface area contributed by atoms with Gasteiger partial charge in [-0.25, -0.2) is 26.3 Å². The number of hydrogen-bond acceptors (Lipinski definition) is 4. The van der Waals surface area contributed by atoms with Crippen molar-refractivity contribution in [3.63, 3.8) is 0 Å². The summed E-state index contributed by atoms with van der Waals surface area (Å²) in [5.74, 6) is 0. The van der Waals surface area contributed by atoms with Gasteiger partial charge >= 0.3 is 6.03 Å². The van der Waals surface area contributed by atoms with Gasteiger partial charge in [-0.2, -0.15) is 0 Å². The minimum Gasteiger partial charge on any atom is -0.334 e. The molecule has 0 aliphatic carbocycles. The fourth-order valence-electron chi connectivity index (χ4n) is 2.71. The standard InChI is InChI=1S/C16H24F2N4O3S/c1-20(2)26(24,25)14-6-4-3-5-13(14)11-19-16(23)22-9-7-21(8-10-22)12-15(17)18/h3-6,15H,7-12H2,1-2H3,(H,19,23). The maximum absolute atomic E-state index is 12.4. The fraction of sp³-hybridized carbons (Fsp3) is 0.562. The van der Waals surface area contributed by atoms with Gasteiger partial charge in [0.15, 0.2) is 0 Å². The summed E-state index contributed by atoms with van der Waals surface area (Å²) in [6.07, 6.45) is -2.38. The monoisotopic (exact) mass is 390 g/mol. The van der Waals surface area contributed by atoms with E-state index >= 15 is 0 Å². The van der Waals surface area contributed by atoms with Crippen molar-refractivity contribution in [1.82, 2.24) is 19.4 Å². The van der Waals surface area contributed by atoms with Gasteiger partial charge in [-0.1, -0.05) is 18.2 Å². The Morgan fingerprint density at radius 3 is 2.38 bits per heavy atom. The molecule has 1 N–H and O–H groups in total. The number of alkyl halides is 2. The van der Waals surface area contributed by atoms with E-state index in [9.17, 15) is 22.0 Å². The van der Waals surface area contributed by atoms with Crippen LogP contribution in [-0.2, 0) is 16.6 Å². The highest BCUT2D eigenvalue weighted by molar-refractivity contribution is 7.89. The highest BCUT2D eigenvalue weighted by Crippen LogP contribution is 2.18. The molecular weight excluding hydrogens is 366 g/mol. The molecule has 0 spiro atoms. The summed E-state index contributed by atoms with van der Waals surface area (Å²) in [4.78, 5) is 15.6. The zero-order chi connectivity index (χ0) is 19.3. The molecule has 0 bridgehead atoms. The lowest BCUT2D eigenvalue weighted by atomic mass is 10.2. The minimum atomic E-state index is -3.61. The Bertz CT molecular complexity index is 720. The van der Waals surface area contributed by atoms with E-state index in [1.807, 2.05) is 0 Å². The molecule has 7 nitrogen and oxygen atoms in total. The van der Waals surface area contributed by atoms with E-state index < -0.39 is 16.4 Å². The van der Waals surface area contributed by atoms with Gasteiger partial charge in [-0.3, -0.25) is 4.90 Å². The number of hydrogen-bond donors (Lipinski definition) is 1. The molecule has 1 aliphatic rings. The van der Waals surface area contributed by atoms with Crippen LogP contribution >= 0.6 is 0 Å². The second kappa shape index (κ2) is 8.74. The van der Waals surface area contributed by atoms with Gasteiger partial charge in [0.1, 0.15) is 0 Å². The molecule has 2 amide bonds. The van der Waals surface area contributed by atoms with Gasteiger partial charge in [-0.05, 0) is 11.6 Å². The number of nitrogens with zero attached hydrogens (tertiary/aromatic N) is 3. The Labute approximate surface area is 152 Å². The van der Waals surface area contributed by atoms with E-state index in [1.165, 1.54) is 20.2 Å². The molecule has 1 heterocycles. The molecule has 146 valence electrons. The summed E-state index contributed by atoms with van der Waals surface area (Å²) < 4.78 is 50.6. The summed E-state index contributed by atoms with van der Waals surface area (Å²) in [5.41, 5.74) is 0.492. The van der Waals surface area contributed by atoms with Crippen LogP contribution in [0.1, 0.15) is 5.56 Å². The SMILES string of the molecule is CN(C)S(=O)(=O)c1ccccc1CNC(=O)N1CCN(CC(F)F)CC1. The summed E-state index contributed by atoms with van der Waals surface area (Å²) in [7, 11) is -0.712. The molecule has 1 fully saturated rings. The van der Waals surface area contributed by atoms with Crippen LogP contribution in [0, 0.1) is 0 Å². The largest absolute Gasteiger partial charge is 0.334 e. The minimum absolute atomic E-state index is 0.0688. The average molecular weight is 390 g/mol. The predicted molar refractivity (Wildman–Crippen MR) is 93.6 cm³/mol. The van der Waals surface area contributed by atoms with Crippen LogP contribution in [-0.4, -0.2) is 81.8 Å². The van der Waals surface area contributed by atoms with E-state index in [0.717, 1.165) is 4.31 Å². The molecule has 1 aromatic carbocycles. The summed E-state index contributed by atoms with van der Waals surface area (Å²) in [6.45, 7) is 1.28. The number of carbonyl (C=O) groups is 1. The first-order valence-electron chi connectivity index (χ1n) is 8.25. The molecule has 1 aliphatic heterocycles. The van der Waals surface area contributed by atoms with Crippen LogP contribution in [0.15, 0.2) is 29.2 Å². The fourth-order valence-corrected chi connectivity index (χ4v) is 3.83. The Morgan fingerprint density at radius 2 is 1.81 bits per heavy atom. The molecule has 0 aromatic heterocycles. The summed E-state index contributed by atoms with van der Waals surface area (Å²) in [6, 6.07) is 6.15. The van der Waals surface area contributed by atoms with Crippen molar-refractivity contribution < 1.29 is 22.0 Å². The topological polar surface area (TPSA) is 73.0 Å². The number of halogens is 2. The first-order chi connectivity index (χ1) is 12.2. The molecule has 26 heavy (non-hydrogen) atoms. The number of carbonyl (C=O) groups excluding carboxylic acids is 1. The van der Waals surface area contributed by atoms with E-state index in [-0.39, 0.29) is 24.0 Å². The molecular formula is C16H24F2N4O3S. The van der Waals surface area contributed by atoms with Crippen molar-refractivity contribution in [1.29, 1.82) is 0 Å². The number of sulfonamides is 1. The highest BCUT2D eigenvalue weighted by atomic mass is 32.2. The maximum atomic E-state index is 12.4. The Balaban J connectivity index is 1.95. The third-order valence-corrected chi connectivity index (χ3v) is 6.13. The predicted octanol–water partition coefficient (Wildman–Crippen LogP) is 1.03. The lowest BCUT2D eigenvalue weighted by Crippen LogP contribution is -2.52. The third-order valence-electron chi connectivity index (χ3n) is 4.22. The van der Waals surface area contributed by atoms with Crippen LogP contribution in [0.2, 0.25) is 0 Å². The van der Waals surface area contributed by atoms with Gasteiger partial charge in [0.2, 0.25) is 10.0 Å². The Morgan fingerprint density at radius 1 is 1.19 bits per heavy atom. The average Bonchev–Trinajstić information content (AvgIpc) is 2.60. The van der Waals surface area contributed by atoms with Crippen LogP contribution in [0.5, 0.6) is 0 Å². The van der Waals surface area contributed by atoms with Crippen LogP contribution in [0.25, 0.3) is 0 Å². The zero-order valence-electron chi connectivity index (χ0n) is 14.9. The van der Waals surface area contributed by atoms with Crippen molar-refractivity contribution >= 4 is 16.1 Å². The molecule has 0 radical (unpaired) electrons. The summed E-state index contributed by atoms with van der Waals surface area (Å²) in [5, 5.41) is 2.71. The zero-order valence-corrected chi connectivity index (χ0v) is 15.7. The number of benzene rings is 1. The van der Waals surface area contributed by atoms with Crippen LogP contribution < -0.4 is 5.32 Å². The van der Waals surface area contributed by atoms with E-state index in [2.05, 4.69) is 5.32 Å². The van der Waals surface area contributed by atoms with Crippen molar-refractivity contribution in [2.24, 2.45) is 0 Å². The number of rotatable bonds is 6. The normalized spacial score (nSPS) is 16.3. The second-order valence-corrected chi connectivity index (χ2v) is 8.35. The van der Waals surface area contributed by atoms with E-state index in [1.54, 1.807) is 28.0 Å². The highest BCUT2D eigenvalue weighted by Gasteiger charge is 2.24. The van der Waals surface area contributed by atoms with Crippen LogP contribution in [0.4, 0.5) is 13.6 Å². The number of urea groups is 1. The molecule has 0 saturated carbocycles. The molecule has 2 rings (SSSR count). The van der Waals surface area contributed by atoms with Crippen LogP contribution in [0.3, 0.4) is 0 Å². The van der Waals surface area contributed by atoms with E-state index in [0.29, 0.717) is 31.7 Å². The first kappa shape index (κ1) is 20.5. The Hall–Kier alpha value is -1.78. The molecule has 1 saturated heterocycles. The van der Waals surface area contributed by atoms with Crippen molar-refractivity contribution in [3.8, 4) is 0 Å². The number of nitrogens with one attached hydrogen (secondary N) is 1.